The standard InChI is InChI=1S/C24H29N3O4/c1-16(28)27-22-7-5-4-6-17(22)12-23(27)24(29)26-10-8-18(9-11-26)25-19-13-20(30-2)15-21(14-19)31-3/h4-7,13-15,18,23,25H,8-12H2,1-3H3/t23-/m0/s1. The van der Waals surface area contributed by atoms with Gasteiger partial charge < -0.3 is 19.7 Å². The zero-order valence-corrected chi connectivity index (χ0v) is 18.3. The number of likely N-dealkylation sites (tertiary alicyclic amines) is 1. The number of amides is 2. The zero-order valence-electron chi connectivity index (χ0n) is 18.3. The number of methoxy groups -OCH3 is 2. The second-order valence-corrected chi connectivity index (χ2v) is 8.08. The van der Waals surface area contributed by atoms with Gasteiger partial charge in [0.15, 0.2) is 0 Å². The Hall–Kier alpha value is -3.22. The Morgan fingerprint density at radius 2 is 1.65 bits per heavy atom. The van der Waals surface area contributed by atoms with E-state index in [1.807, 2.05) is 47.4 Å². The van der Waals surface area contributed by atoms with Gasteiger partial charge in [-0.1, -0.05) is 18.2 Å². The molecule has 1 saturated heterocycles. The summed E-state index contributed by atoms with van der Waals surface area (Å²) in [6.07, 6.45) is 2.26. The number of piperidine rings is 1. The third kappa shape index (κ3) is 4.31. The van der Waals surface area contributed by atoms with Gasteiger partial charge in [-0.05, 0) is 24.5 Å². The number of carbonyl (C=O) groups is 2. The second-order valence-electron chi connectivity index (χ2n) is 8.08. The summed E-state index contributed by atoms with van der Waals surface area (Å²) in [5.41, 5.74) is 2.85. The highest BCUT2D eigenvalue weighted by atomic mass is 16.5. The van der Waals surface area contributed by atoms with E-state index in [1.165, 1.54) is 6.92 Å². The molecule has 1 fully saturated rings. The smallest absolute Gasteiger partial charge is 0.246 e. The number of hydrogen-bond acceptors (Lipinski definition) is 5. The molecule has 1 N–H and O–H groups in total. The first-order valence-corrected chi connectivity index (χ1v) is 10.7. The molecule has 164 valence electrons. The lowest BCUT2D eigenvalue weighted by Gasteiger charge is -2.36. The van der Waals surface area contributed by atoms with Gasteiger partial charge in [-0.3, -0.25) is 14.5 Å². The fourth-order valence-electron chi connectivity index (χ4n) is 4.55. The summed E-state index contributed by atoms with van der Waals surface area (Å²) in [4.78, 5) is 29.1. The lowest BCUT2D eigenvalue weighted by molar-refractivity contribution is -0.135. The van der Waals surface area contributed by atoms with Gasteiger partial charge in [0, 0.05) is 62.0 Å². The van der Waals surface area contributed by atoms with E-state index in [2.05, 4.69) is 5.32 Å². The summed E-state index contributed by atoms with van der Waals surface area (Å²) in [7, 11) is 3.27. The van der Waals surface area contributed by atoms with Gasteiger partial charge in [-0.2, -0.15) is 0 Å². The average molecular weight is 424 g/mol. The fourth-order valence-corrected chi connectivity index (χ4v) is 4.55. The van der Waals surface area contributed by atoms with Gasteiger partial charge in [-0.25, -0.2) is 0 Å². The van der Waals surface area contributed by atoms with E-state index in [9.17, 15) is 9.59 Å². The van der Waals surface area contributed by atoms with Crippen molar-refractivity contribution in [2.75, 3.05) is 37.5 Å². The molecule has 2 aliphatic heterocycles. The third-order valence-corrected chi connectivity index (χ3v) is 6.13. The molecule has 7 nitrogen and oxygen atoms in total. The predicted molar refractivity (Wildman–Crippen MR) is 120 cm³/mol. The molecule has 2 heterocycles. The van der Waals surface area contributed by atoms with Gasteiger partial charge in [0.05, 0.1) is 14.2 Å². The molecule has 0 spiro atoms. The minimum Gasteiger partial charge on any atom is -0.497 e. The van der Waals surface area contributed by atoms with Crippen molar-refractivity contribution in [1.82, 2.24) is 4.90 Å². The van der Waals surface area contributed by atoms with Crippen LogP contribution in [0, 0.1) is 0 Å². The molecule has 0 aliphatic carbocycles. The van der Waals surface area contributed by atoms with E-state index >= 15 is 0 Å². The maximum atomic E-state index is 13.3. The van der Waals surface area contributed by atoms with Crippen LogP contribution in [-0.4, -0.2) is 56.1 Å². The van der Waals surface area contributed by atoms with E-state index in [-0.39, 0.29) is 17.9 Å². The number of para-hydroxylation sites is 1. The molecular formula is C24H29N3O4. The lowest BCUT2D eigenvalue weighted by Crippen LogP contribution is -2.52. The van der Waals surface area contributed by atoms with E-state index in [0.29, 0.717) is 19.5 Å². The minimum atomic E-state index is -0.443. The van der Waals surface area contributed by atoms with Crippen LogP contribution in [0.2, 0.25) is 0 Å². The van der Waals surface area contributed by atoms with Crippen molar-refractivity contribution < 1.29 is 19.1 Å². The molecule has 2 aromatic rings. The molecule has 0 radical (unpaired) electrons. The van der Waals surface area contributed by atoms with Crippen LogP contribution < -0.4 is 19.7 Å². The summed E-state index contributed by atoms with van der Waals surface area (Å²) in [6, 6.07) is 13.3. The molecule has 2 amide bonds. The average Bonchev–Trinajstić information content (AvgIpc) is 3.18. The van der Waals surface area contributed by atoms with Crippen LogP contribution in [-0.2, 0) is 16.0 Å². The van der Waals surface area contributed by atoms with Crippen LogP contribution in [0.25, 0.3) is 0 Å². The molecule has 7 heteroatoms. The van der Waals surface area contributed by atoms with Crippen molar-refractivity contribution >= 4 is 23.2 Å². The number of carbonyl (C=O) groups excluding carboxylic acids is 2. The normalized spacial score (nSPS) is 18.5. The van der Waals surface area contributed by atoms with Gasteiger partial charge in [0.25, 0.3) is 0 Å². The topological polar surface area (TPSA) is 71.1 Å². The third-order valence-electron chi connectivity index (χ3n) is 6.13. The highest BCUT2D eigenvalue weighted by molar-refractivity contribution is 6.02. The van der Waals surface area contributed by atoms with Gasteiger partial charge in [0.2, 0.25) is 11.8 Å². The number of fused-ring (bicyclic) bond motifs is 1. The SMILES string of the molecule is COc1cc(NC2CCN(C(=O)[C@@H]3Cc4ccccc4N3C(C)=O)CC2)cc(OC)c1. The van der Waals surface area contributed by atoms with E-state index in [0.717, 1.165) is 41.3 Å². The van der Waals surface area contributed by atoms with Crippen molar-refractivity contribution in [1.29, 1.82) is 0 Å². The minimum absolute atomic E-state index is 0.0351. The first-order valence-electron chi connectivity index (χ1n) is 10.7. The number of anilines is 2. The van der Waals surface area contributed by atoms with Gasteiger partial charge in [0.1, 0.15) is 17.5 Å². The van der Waals surface area contributed by atoms with Crippen molar-refractivity contribution in [3.05, 3.63) is 48.0 Å². The number of benzene rings is 2. The van der Waals surface area contributed by atoms with Crippen molar-refractivity contribution in [2.24, 2.45) is 0 Å². The Balaban J connectivity index is 1.39. The van der Waals surface area contributed by atoms with E-state index in [4.69, 9.17) is 9.47 Å². The molecule has 2 aromatic carbocycles. The number of ether oxygens (including phenoxy) is 2. The molecule has 0 bridgehead atoms. The second kappa shape index (κ2) is 8.88. The molecule has 1 atom stereocenters. The molecule has 2 aliphatic rings. The molecule has 0 aromatic heterocycles. The number of nitrogens with one attached hydrogen (secondary N) is 1. The van der Waals surface area contributed by atoms with E-state index < -0.39 is 6.04 Å². The van der Waals surface area contributed by atoms with Crippen LogP contribution in [0.4, 0.5) is 11.4 Å². The fraction of sp³-hybridized carbons (Fsp3) is 0.417. The molecule has 4 rings (SSSR count). The summed E-state index contributed by atoms with van der Waals surface area (Å²) >= 11 is 0. The highest BCUT2D eigenvalue weighted by Crippen LogP contribution is 2.33. The zero-order chi connectivity index (χ0) is 22.0. The number of nitrogens with zero attached hydrogens (tertiary/aromatic N) is 2. The summed E-state index contributed by atoms with van der Waals surface area (Å²) < 4.78 is 10.7. The maximum Gasteiger partial charge on any atom is 0.246 e. The summed E-state index contributed by atoms with van der Waals surface area (Å²) in [5, 5.41) is 3.54. The van der Waals surface area contributed by atoms with E-state index in [1.54, 1.807) is 19.1 Å². The maximum absolute atomic E-state index is 13.3. The van der Waals surface area contributed by atoms with Crippen LogP contribution in [0.1, 0.15) is 25.3 Å². The van der Waals surface area contributed by atoms with Gasteiger partial charge in [-0.15, -0.1) is 0 Å². The Morgan fingerprint density at radius 1 is 1.00 bits per heavy atom. The van der Waals surface area contributed by atoms with Crippen LogP contribution in [0.15, 0.2) is 42.5 Å². The summed E-state index contributed by atoms with van der Waals surface area (Å²) in [5.74, 6) is 1.42. The Bertz CT molecular complexity index is 947. The largest absolute Gasteiger partial charge is 0.497 e. The molecule has 0 saturated carbocycles. The first-order chi connectivity index (χ1) is 15.0. The van der Waals surface area contributed by atoms with Crippen molar-refractivity contribution in [2.45, 2.75) is 38.3 Å². The van der Waals surface area contributed by atoms with Crippen LogP contribution in [0.3, 0.4) is 0 Å². The van der Waals surface area contributed by atoms with Crippen molar-refractivity contribution in [3.8, 4) is 11.5 Å². The Labute approximate surface area is 182 Å². The van der Waals surface area contributed by atoms with Crippen LogP contribution >= 0.6 is 0 Å². The van der Waals surface area contributed by atoms with Crippen molar-refractivity contribution in [3.63, 3.8) is 0 Å². The van der Waals surface area contributed by atoms with Gasteiger partial charge >= 0.3 is 0 Å². The number of rotatable bonds is 5. The Kier molecular flexibility index (Phi) is 6.02. The summed E-state index contributed by atoms with van der Waals surface area (Å²) in [6.45, 7) is 2.85. The molecule has 31 heavy (non-hydrogen) atoms. The lowest BCUT2D eigenvalue weighted by atomic mass is 10.0. The molecular weight excluding hydrogens is 394 g/mol. The highest BCUT2D eigenvalue weighted by Gasteiger charge is 2.39. The van der Waals surface area contributed by atoms with Crippen LogP contribution in [0.5, 0.6) is 11.5 Å². The molecule has 0 unspecified atom stereocenters. The quantitative estimate of drug-likeness (QED) is 0.800. The number of hydrogen-bond donors (Lipinski definition) is 1. The first kappa shape index (κ1) is 21.0. The monoisotopic (exact) mass is 423 g/mol. The predicted octanol–water partition coefficient (Wildman–Crippen LogP) is 3.08. The Morgan fingerprint density at radius 3 is 2.26 bits per heavy atom.